The number of methoxy groups -OCH3 is 1. The largest absolute Gasteiger partial charge is 0.497 e. The summed E-state index contributed by atoms with van der Waals surface area (Å²) in [4.78, 5) is 9.89. The first-order valence-electron chi connectivity index (χ1n) is 9.61. The van der Waals surface area contributed by atoms with Crippen molar-refractivity contribution >= 4 is 20.9 Å². The quantitative estimate of drug-likeness (QED) is 0.617. The normalized spacial score (nSPS) is 20.1. The van der Waals surface area contributed by atoms with Crippen LogP contribution < -0.4 is 4.74 Å². The van der Waals surface area contributed by atoms with Crippen LogP contribution in [0, 0.1) is 0 Å². The Bertz CT molecular complexity index is 1130. The Morgan fingerprint density at radius 3 is 2.67 bits per heavy atom. The van der Waals surface area contributed by atoms with Crippen molar-refractivity contribution in [3.8, 4) is 5.75 Å². The Morgan fingerprint density at radius 2 is 1.97 bits per heavy atom. The van der Waals surface area contributed by atoms with Crippen LogP contribution in [0.5, 0.6) is 5.75 Å². The fourth-order valence-electron chi connectivity index (χ4n) is 3.62. The van der Waals surface area contributed by atoms with E-state index in [-0.39, 0.29) is 18.0 Å². The van der Waals surface area contributed by atoms with Crippen LogP contribution in [0.2, 0.25) is 0 Å². The van der Waals surface area contributed by atoms with Crippen molar-refractivity contribution in [1.29, 1.82) is 0 Å². The molecule has 1 saturated heterocycles. The molecule has 2 heterocycles. The third kappa shape index (κ3) is 4.63. The number of sulfone groups is 1. The summed E-state index contributed by atoms with van der Waals surface area (Å²) in [7, 11) is -1.62. The maximum Gasteiger partial charge on any atom is 0.175 e. The van der Waals surface area contributed by atoms with Crippen molar-refractivity contribution in [2.75, 3.05) is 26.5 Å². The van der Waals surface area contributed by atoms with E-state index in [0.29, 0.717) is 18.9 Å². The molecule has 30 heavy (non-hydrogen) atoms. The number of nitrogens with one attached hydrogen (secondary N) is 1. The average molecular weight is 434 g/mol. The molecule has 1 aliphatic rings. The van der Waals surface area contributed by atoms with Crippen molar-refractivity contribution in [2.24, 2.45) is 0 Å². The van der Waals surface area contributed by atoms with E-state index in [1.54, 1.807) is 31.4 Å². The number of likely N-dealkylation sites (tertiary alicyclic amines) is 1. The summed E-state index contributed by atoms with van der Waals surface area (Å²) in [5.41, 5.74) is 2.58. The second-order valence-electron chi connectivity index (χ2n) is 7.54. The first kappa shape index (κ1) is 20.8. The van der Waals surface area contributed by atoms with Gasteiger partial charge in [0, 0.05) is 32.0 Å². The number of aromatic amines is 1. The van der Waals surface area contributed by atoms with Gasteiger partial charge in [0.05, 0.1) is 23.0 Å². The molecule has 160 valence electrons. The molecule has 3 aromatic rings. The number of alkyl halides is 1. The maximum absolute atomic E-state index is 14.5. The number of rotatable bonds is 7. The first-order valence-corrected chi connectivity index (χ1v) is 11.5. The van der Waals surface area contributed by atoms with Crippen LogP contribution in [-0.2, 0) is 27.7 Å². The topological polar surface area (TPSA) is 84.5 Å². The maximum atomic E-state index is 14.5. The van der Waals surface area contributed by atoms with Gasteiger partial charge in [0.2, 0.25) is 0 Å². The van der Waals surface area contributed by atoms with Gasteiger partial charge in [-0.1, -0.05) is 12.1 Å². The van der Waals surface area contributed by atoms with E-state index in [1.165, 1.54) is 6.26 Å². The number of hydrogen-bond acceptors (Lipinski definition) is 6. The molecule has 4 rings (SSSR count). The van der Waals surface area contributed by atoms with Crippen LogP contribution in [0.15, 0.2) is 47.4 Å². The van der Waals surface area contributed by atoms with Crippen molar-refractivity contribution in [1.82, 2.24) is 14.9 Å². The Morgan fingerprint density at radius 1 is 1.20 bits per heavy atom. The third-order valence-electron chi connectivity index (χ3n) is 5.20. The van der Waals surface area contributed by atoms with Crippen molar-refractivity contribution in [3.05, 3.63) is 53.9 Å². The van der Waals surface area contributed by atoms with E-state index in [1.807, 2.05) is 23.1 Å². The van der Waals surface area contributed by atoms with Gasteiger partial charge in [-0.3, -0.25) is 4.90 Å². The zero-order valence-corrected chi connectivity index (χ0v) is 17.7. The second kappa shape index (κ2) is 8.33. The van der Waals surface area contributed by atoms with Gasteiger partial charge in [0.25, 0.3) is 0 Å². The molecule has 9 heteroatoms. The summed E-state index contributed by atoms with van der Waals surface area (Å²) in [6.07, 6.45) is -0.454. The number of hydrogen-bond donors (Lipinski definition) is 1. The monoisotopic (exact) mass is 433 g/mol. The highest BCUT2D eigenvalue weighted by molar-refractivity contribution is 7.90. The Hall–Kier alpha value is -2.49. The molecule has 0 spiro atoms. The number of imidazole rings is 1. The van der Waals surface area contributed by atoms with Gasteiger partial charge in [-0.15, -0.1) is 0 Å². The second-order valence-corrected chi connectivity index (χ2v) is 9.56. The molecule has 0 saturated carbocycles. The molecule has 0 amide bonds. The van der Waals surface area contributed by atoms with Crippen molar-refractivity contribution in [2.45, 2.75) is 30.3 Å². The molecule has 0 unspecified atom stereocenters. The lowest BCUT2D eigenvalue weighted by Gasteiger charge is -2.16. The molecule has 1 N–H and O–H groups in total. The van der Waals surface area contributed by atoms with E-state index in [4.69, 9.17) is 9.47 Å². The van der Waals surface area contributed by atoms with Crippen LogP contribution in [0.3, 0.4) is 0 Å². The van der Waals surface area contributed by atoms with E-state index in [0.717, 1.165) is 22.3 Å². The van der Waals surface area contributed by atoms with E-state index >= 15 is 0 Å². The summed E-state index contributed by atoms with van der Waals surface area (Å²) in [6, 6.07) is 12.2. The summed E-state index contributed by atoms with van der Waals surface area (Å²) in [6.45, 7) is 1.46. The number of benzene rings is 2. The van der Waals surface area contributed by atoms with Crippen LogP contribution in [0.4, 0.5) is 4.39 Å². The highest BCUT2D eigenvalue weighted by atomic mass is 32.2. The smallest absolute Gasteiger partial charge is 0.175 e. The summed E-state index contributed by atoms with van der Waals surface area (Å²) >= 11 is 0. The lowest BCUT2D eigenvalue weighted by Crippen LogP contribution is -2.24. The van der Waals surface area contributed by atoms with Gasteiger partial charge in [0.15, 0.2) is 9.84 Å². The molecule has 2 aromatic carbocycles. The average Bonchev–Trinajstić information content (AvgIpc) is 3.27. The molecule has 7 nitrogen and oxygen atoms in total. The summed E-state index contributed by atoms with van der Waals surface area (Å²) < 4.78 is 48.6. The highest BCUT2D eigenvalue weighted by Crippen LogP contribution is 2.22. The molecular weight excluding hydrogens is 409 g/mol. The van der Waals surface area contributed by atoms with E-state index in [9.17, 15) is 12.8 Å². The van der Waals surface area contributed by atoms with Gasteiger partial charge in [-0.2, -0.15) is 0 Å². The number of nitrogens with zero attached hydrogens (tertiary/aromatic N) is 2. The fourth-order valence-corrected chi connectivity index (χ4v) is 4.25. The Balaban J connectivity index is 1.34. The Kier molecular flexibility index (Phi) is 5.77. The minimum absolute atomic E-state index is 0.193. The van der Waals surface area contributed by atoms with Gasteiger partial charge in [-0.05, 0) is 29.8 Å². The van der Waals surface area contributed by atoms with Gasteiger partial charge in [0.1, 0.15) is 30.5 Å². The number of aromatic nitrogens is 2. The lowest BCUT2D eigenvalue weighted by atomic mass is 10.2. The van der Waals surface area contributed by atoms with Crippen LogP contribution in [-0.4, -0.2) is 62.0 Å². The highest BCUT2D eigenvalue weighted by Gasteiger charge is 2.33. The third-order valence-corrected chi connectivity index (χ3v) is 6.33. The zero-order valence-electron chi connectivity index (χ0n) is 16.8. The van der Waals surface area contributed by atoms with Crippen molar-refractivity contribution < 1.29 is 22.3 Å². The number of halogens is 1. The van der Waals surface area contributed by atoms with Crippen molar-refractivity contribution in [3.63, 3.8) is 0 Å². The number of ether oxygens (including phenoxy) is 2. The van der Waals surface area contributed by atoms with Crippen LogP contribution in [0.25, 0.3) is 11.0 Å². The standard InChI is InChI=1S/C21H24FN3O4S/c1-28-15-5-8-18-19(9-15)24-21(23-18)13-29-20-12-25(11-17(20)22)10-14-3-6-16(7-4-14)30(2,26)27/h3-9,17,20H,10-13H2,1-2H3,(H,23,24)/t17-,20+/m1/s1. The molecule has 1 fully saturated rings. The van der Waals surface area contributed by atoms with E-state index < -0.39 is 22.1 Å². The summed E-state index contributed by atoms with van der Waals surface area (Å²) in [5.74, 6) is 1.37. The lowest BCUT2D eigenvalue weighted by molar-refractivity contribution is 0.00863. The Labute approximate surface area is 174 Å². The zero-order chi connectivity index (χ0) is 21.3. The molecular formula is C21H24FN3O4S. The fraction of sp³-hybridized carbons (Fsp3) is 0.381. The predicted octanol–water partition coefficient (Wildman–Crippen LogP) is 2.71. The molecule has 0 aliphatic carbocycles. The predicted molar refractivity (Wildman–Crippen MR) is 111 cm³/mol. The van der Waals surface area contributed by atoms with Gasteiger partial charge < -0.3 is 14.5 Å². The van der Waals surface area contributed by atoms with Gasteiger partial charge in [-0.25, -0.2) is 17.8 Å². The summed E-state index contributed by atoms with van der Waals surface area (Å²) in [5, 5.41) is 0. The van der Waals surface area contributed by atoms with E-state index in [2.05, 4.69) is 9.97 Å². The van der Waals surface area contributed by atoms with Crippen LogP contribution >= 0.6 is 0 Å². The van der Waals surface area contributed by atoms with Crippen LogP contribution in [0.1, 0.15) is 11.4 Å². The minimum atomic E-state index is -3.22. The number of H-pyrrole nitrogens is 1. The van der Waals surface area contributed by atoms with Gasteiger partial charge >= 0.3 is 0 Å². The molecule has 1 aliphatic heterocycles. The molecule has 0 radical (unpaired) electrons. The minimum Gasteiger partial charge on any atom is -0.497 e. The SMILES string of the molecule is COc1ccc2nc(CO[C@H]3CN(Cc4ccc(S(C)(=O)=O)cc4)C[C@H]3F)[nH]c2c1. The first-order chi connectivity index (χ1) is 14.3. The number of fused-ring (bicyclic) bond motifs is 1. The molecule has 1 aromatic heterocycles. The molecule has 0 bridgehead atoms. The molecule has 2 atom stereocenters.